The van der Waals surface area contributed by atoms with Gasteiger partial charge in [-0.25, -0.2) is 13.6 Å². The van der Waals surface area contributed by atoms with E-state index in [4.69, 9.17) is 9.88 Å². The predicted molar refractivity (Wildman–Crippen MR) is 80.2 cm³/mol. The summed E-state index contributed by atoms with van der Waals surface area (Å²) in [4.78, 5) is 0. The van der Waals surface area contributed by atoms with Gasteiger partial charge in [0.2, 0.25) is 10.0 Å². The minimum Gasteiger partial charge on any atom is -0.377 e. The van der Waals surface area contributed by atoms with E-state index in [-0.39, 0.29) is 5.75 Å². The molecule has 108 valence electrons. The lowest BCUT2D eigenvalue weighted by molar-refractivity contribution is 0.108. The second kappa shape index (κ2) is 7.99. The summed E-state index contributed by atoms with van der Waals surface area (Å²) in [6.07, 6.45) is 1.42. The van der Waals surface area contributed by atoms with Crippen LogP contribution in [0, 0.1) is 5.92 Å². The van der Waals surface area contributed by atoms with Crippen LogP contribution >= 0.6 is 15.9 Å². The van der Waals surface area contributed by atoms with Crippen molar-refractivity contribution in [1.29, 1.82) is 0 Å². The van der Waals surface area contributed by atoms with E-state index in [9.17, 15) is 8.42 Å². The molecule has 0 spiro atoms. The van der Waals surface area contributed by atoms with Crippen LogP contribution in [0.1, 0.15) is 25.3 Å². The Kier molecular flexibility index (Phi) is 6.99. The van der Waals surface area contributed by atoms with Crippen molar-refractivity contribution < 1.29 is 13.2 Å². The topological polar surface area (TPSA) is 69.4 Å². The zero-order valence-electron chi connectivity index (χ0n) is 11.0. The standard InChI is InChI=1S/C13H20BrNO3S/c1-11(6-8-19(15,16)17)5-7-18-10-12-3-2-4-13(14)9-12/h2-4,9,11H,5-8,10H2,1H3,(H2,15,16,17). The molecule has 19 heavy (non-hydrogen) atoms. The van der Waals surface area contributed by atoms with Crippen molar-refractivity contribution in [2.45, 2.75) is 26.4 Å². The lowest BCUT2D eigenvalue weighted by atomic mass is 10.1. The zero-order valence-corrected chi connectivity index (χ0v) is 13.4. The quantitative estimate of drug-likeness (QED) is 0.733. The maximum absolute atomic E-state index is 10.8. The second-order valence-corrected chi connectivity index (χ2v) is 7.38. The molecule has 0 heterocycles. The molecule has 0 aromatic heterocycles. The summed E-state index contributed by atoms with van der Waals surface area (Å²) in [6.45, 7) is 3.20. The molecule has 1 rings (SSSR count). The summed E-state index contributed by atoms with van der Waals surface area (Å²) in [5.41, 5.74) is 1.12. The molecule has 0 saturated carbocycles. The third-order valence-corrected chi connectivity index (χ3v) is 4.11. The van der Waals surface area contributed by atoms with Gasteiger partial charge in [0.1, 0.15) is 0 Å². The number of hydrogen-bond donors (Lipinski definition) is 1. The Morgan fingerprint density at radius 2 is 2.11 bits per heavy atom. The summed E-state index contributed by atoms with van der Waals surface area (Å²) in [7, 11) is -3.34. The summed E-state index contributed by atoms with van der Waals surface area (Å²) >= 11 is 3.41. The molecule has 0 amide bonds. The Labute approximate surface area is 123 Å². The van der Waals surface area contributed by atoms with Gasteiger partial charge in [0.15, 0.2) is 0 Å². The van der Waals surface area contributed by atoms with Crippen molar-refractivity contribution in [3.8, 4) is 0 Å². The fourth-order valence-corrected chi connectivity index (χ4v) is 2.79. The van der Waals surface area contributed by atoms with Crippen molar-refractivity contribution in [2.75, 3.05) is 12.4 Å². The van der Waals surface area contributed by atoms with Crippen LogP contribution in [0.3, 0.4) is 0 Å². The summed E-state index contributed by atoms with van der Waals surface area (Å²) in [5, 5.41) is 4.97. The van der Waals surface area contributed by atoms with Gasteiger partial charge < -0.3 is 4.74 Å². The summed E-state index contributed by atoms with van der Waals surface area (Å²) in [6, 6.07) is 7.97. The predicted octanol–water partition coefficient (Wildman–Crippen LogP) is 2.67. The smallest absolute Gasteiger partial charge is 0.209 e. The highest BCUT2D eigenvalue weighted by Gasteiger charge is 2.08. The first-order valence-electron chi connectivity index (χ1n) is 6.19. The first-order valence-corrected chi connectivity index (χ1v) is 8.70. The fraction of sp³-hybridized carbons (Fsp3) is 0.538. The summed E-state index contributed by atoms with van der Waals surface area (Å²) in [5.74, 6) is 0.334. The lowest BCUT2D eigenvalue weighted by Gasteiger charge is -2.11. The van der Waals surface area contributed by atoms with Crippen molar-refractivity contribution >= 4 is 26.0 Å². The monoisotopic (exact) mass is 349 g/mol. The van der Waals surface area contributed by atoms with Gasteiger partial charge in [-0.2, -0.15) is 0 Å². The molecule has 0 fully saturated rings. The molecule has 1 atom stereocenters. The van der Waals surface area contributed by atoms with Crippen LogP contribution in [0.5, 0.6) is 0 Å². The Balaban J connectivity index is 2.17. The molecule has 1 aromatic rings. The highest BCUT2D eigenvalue weighted by atomic mass is 79.9. The van der Waals surface area contributed by atoms with E-state index in [2.05, 4.69) is 15.9 Å². The lowest BCUT2D eigenvalue weighted by Crippen LogP contribution is -2.18. The van der Waals surface area contributed by atoms with Gasteiger partial charge in [-0.1, -0.05) is 35.0 Å². The normalized spacial score (nSPS) is 13.4. The van der Waals surface area contributed by atoms with E-state index >= 15 is 0 Å². The molecule has 1 aromatic carbocycles. The molecule has 0 bridgehead atoms. The third-order valence-electron chi connectivity index (χ3n) is 2.81. The largest absolute Gasteiger partial charge is 0.377 e. The van der Waals surface area contributed by atoms with E-state index in [1.54, 1.807) is 0 Å². The van der Waals surface area contributed by atoms with Gasteiger partial charge in [0.25, 0.3) is 0 Å². The number of benzene rings is 1. The Morgan fingerprint density at radius 1 is 1.37 bits per heavy atom. The molecule has 6 heteroatoms. The number of hydrogen-bond acceptors (Lipinski definition) is 3. The Bertz CT molecular complexity index is 490. The van der Waals surface area contributed by atoms with Crippen LogP contribution < -0.4 is 5.14 Å². The van der Waals surface area contributed by atoms with Crippen LogP contribution in [0.2, 0.25) is 0 Å². The minimum absolute atomic E-state index is 0.0415. The van der Waals surface area contributed by atoms with E-state index in [1.165, 1.54) is 0 Å². The van der Waals surface area contributed by atoms with Crippen LogP contribution in [0.25, 0.3) is 0 Å². The average Bonchev–Trinajstić information content (AvgIpc) is 2.31. The van der Waals surface area contributed by atoms with Gasteiger partial charge in [0.05, 0.1) is 12.4 Å². The van der Waals surface area contributed by atoms with Gasteiger partial charge in [0, 0.05) is 11.1 Å². The van der Waals surface area contributed by atoms with Crippen molar-refractivity contribution in [3.63, 3.8) is 0 Å². The van der Waals surface area contributed by atoms with Crippen LogP contribution in [-0.2, 0) is 21.4 Å². The molecular formula is C13H20BrNO3S. The molecule has 0 aliphatic heterocycles. The molecule has 4 nitrogen and oxygen atoms in total. The molecule has 0 saturated heterocycles. The highest BCUT2D eigenvalue weighted by molar-refractivity contribution is 9.10. The molecule has 0 aliphatic carbocycles. The number of halogens is 1. The fourth-order valence-electron chi connectivity index (χ4n) is 1.61. The maximum Gasteiger partial charge on any atom is 0.209 e. The molecule has 2 N–H and O–H groups in total. The third kappa shape index (κ3) is 8.36. The minimum atomic E-state index is -3.34. The van der Waals surface area contributed by atoms with Crippen molar-refractivity contribution in [3.05, 3.63) is 34.3 Å². The van der Waals surface area contributed by atoms with Crippen molar-refractivity contribution in [2.24, 2.45) is 11.1 Å². The Hall–Kier alpha value is -0.430. The molecule has 1 unspecified atom stereocenters. The van der Waals surface area contributed by atoms with Gasteiger partial charge >= 0.3 is 0 Å². The van der Waals surface area contributed by atoms with Crippen molar-refractivity contribution in [1.82, 2.24) is 0 Å². The van der Waals surface area contributed by atoms with Crippen LogP contribution in [0.15, 0.2) is 28.7 Å². The zero-order chi connectivity index (χ0) is 14.3. The highest BCUT2D eigenvalue weighted by Crippen LogP contribution is 2.13. The van der Waals surface area contributed by atoms with Gasteiger partial charge in [-0.15, -0.1) is 0 Å². The summed E-state index contributed by atoms with van der Waals surface area (Å²) < 4.78 is 28.3. The average molecular weight is 350 g/mol. The van der Waals surface area contributed by atoms with E-state index in [0.29, 0.717) is 25.6 Å². The first kappa shape index (κ1) is 16.6. The SMILES string of the molecule is CC(CCOCc1cccc(Br)c1)CCS(N)(=O)=O. The number of nitrogens with two attached hydrogens (primary N) is 1. The molecular weight excluding hydrogens is 330 g/mol. The molecule has 0 aliphatic rings. The van der Waals surface area contributed by atoms with E-state index < -0.39 is 10.0 Å². The first-order chi connectivity index (χ1) is 8.87. The van der Waals surface area contributed by atoms with Gasteiger partial charge in [-0.3, -0.25) is 0 Å². The van der Waals surface area contributed by atoms with E-state index in [0.717, 1.165) is 16.5 Å². The number of rotatable bonds is 8. The Morgan fingerprint density at radius 3 is 2.74 bits per heavy atom. The van der Waals surface area contributed by atoms with E-state index in [1.807, 2.05) is 31.2 Å². The molecule has 0 radical (unpaired) electrons. The van der Waals surface area contributed by atoms with Crippen LogP contribution in [-0.4, -0.2) is 20.8 Å². The van der Waals surface area contributed by atoms with Crippen LogP contribution in [0.4, 0.5) is 0 Å². The maximum atomic E-state index is 10.8. The van der Waals surface area contributed by atoms with Gasteiger partial charge in [-0.05, 0) is 36.5 Å². The second-order valence-electron chi connectivity index (χ2n) is 4.73. The number of sulfonamides is 1. The number of ether oxygens (including phenoxy) is 1. The number of primary sulfonamides is 1.